The first-order valence-electron chi connectivity index (χ1n) is 4.68. The molecule has 1 heterocycles. The van der Waals surface area contributed by atoms with E-state index in [-0.39, 0.29) is 10.2 Å². The van der Waals surface area contributed by atoms with E-state index in [9.17, 15) is 13.6 Å². The molecule has 1 aromatic rings. The minimum atomic E-state index is -0.660. The van der Waals surface area contributed by atoms with Crippen LogP contribution in [0.1, 0.15) is 6.42 Å². The molecule has 0 unspecified atom stereocenters. The fourth-order valence-electron chi connectivity index (χ4n) is 1.49. The van der Waals surface area contributed by atoms with Gasteiger partial charge >= 0.3 is 6.09 Å². The molecule has 0 saturated carbocycles. The number of amides is 1. The molecule has 86 valence electrons. The van der Waals surface area contributed by atoms with Gasteiger partial charge in [0, 0.05) is 12.6 Å². The number of cyclic esters (lactones) is 1. The molecular weight excluding hydrogens is 284 g/mol. The third-order valence-electron chi connectivity index (χ3n) is 2.25. The molecule has 1 amide bonds. The molecule has 1 saturated heterocycles. The van der Waals surface area contributed by atoms with E-state index in [2.05, 4.69) is 15.9 Å². The Morgan fingerprint density at radius 3 is 2.75 bits per heavy atom. The maximum absolute atomic E-state index is 13.5. The van der Waals surface area contributed by atoms with E-state index in [1.807, 2.05) is 0 Å². The monoisotopic (exact) mass is 291 g/mol. The normalized spacial score (nSPS) is 16.2. The Morgan fingerprint density at radius 1 is 1.31 bits per heavy atom. The lowest BCUT2D eigenvalue weighted by Gasteiger charge is -2.26. The van der Waals surface area contributed by atoms with Gasteiger partial charge in [-0.15, -0.1) is 0 Å². The van der Waals surface area contributed by atoms with E-state index in [1.54, 1.807) is 0 Å². The van der Waals surface area contributed by atoms with Crippen LogP contribution in [-0.2, 0) is 4.74 Å². The van der Waals surface area contributed by atoms with Crippen LogP contribution in [0.25, 0.3) is 0 Å². The summed E-state index contributed by atoms with van der Waals surface area (Å²) in [6.07, 6.45) is -0.0464. The molecule has 2 rings (SSSR count). The molecule has 3 nitrogen and oxygen atoms in total. The summed E-state index contributed by atoms with van der Waals surface area (Å²) in [5.41, 5.74) is -0.0922. The standard InChI is InChI=1S/C10H8BrF2NO2/c11-6-4-8(13)9(5-7(6)12)14-2-1-3-16-10(14)15/h4-5H,1-3H2. The number of carbonyl (C=O) groups is 1. The molecule has 0 spiro atoms. The van der Waals surface area contributed by atoms with Gasteiger partial charge in [-0.1, -0.05) is 0 Å². The average molecular weight is 292 g/mol. The zero-order valence-corrected chi connectivity index (χ0v) is 9.76. The number of halogens is 3. The number of hydrogen-bond donors (Lipinski definition) is 0. The lowest BCUT2D eigenvalue weighted by atomic mass is 10.2. The smallest absolute Gasteiger partial charge is 0.414 e. The van der Waals surface area contributed by atoms with Crippen molar-refractivity contribution in [2.75, 3.05) is 18.1 Å². The SMILES string of the molecule is O=C1OCCCN1c1cc(F)c(Br)cc1F. The van der Waals surface area contributed by atoms with Crippen molar-refractivity contribution >= 4 is 27.7 Å². The zero-order valence-electron chi connectivity index (χ0n) is 8.17. The lowest BCUT2D eigenvalue weighted by molar-refractivity contribution is 0.140. The van der Waals surface area contributed by atoms with Crippen molar-refractivity contribution in [1.29, 1.82) is 0 Å². The molecule has 0 atom stereocenters. The van der Waals surface area contributed by atoms with Crippen molar-refractivity contribution in [3.63, 3.8) is 0 Å². The number of ether oxygens (including phenoxy) is 1. The van der Waals surface area contributed by atoms with Crippen LogP contribution >= 0.6 is 15.9 Å². The highest BCUT2D eigenvalue weighted by molar-refractivity contribution is 9.10. The van der Waals surface area contributed by atoms with Crippen molar-refractivity contribution in [2.45, 2.75) is 6.42 Å². The van der Waals surface area contributed by atoms with Crippen LogP contribution < -0.4 is 4.90 Å². The van der Waals surface area contributed by atoms with Crippen molar-refractivity contribution in [2.24, 2.45) is 0 Å². The minimum Gasteiger partial charge on any atom is -0.449 e. The average Bonchev–Trinajstić information content (AvgIpc) is 2.25. The molecule has 1 fully saturated rings. The summed E-state index contributed by atoms with van der Waals surface area (Å²) in [6, 6.07) is 1.97. The van der Waals surface area contributed by atoms with Crippen molar-refractivity contribution in [3.8, 4) is 0 Å². The summed E-state index contributed by atoms with van der Waals surface area (Å²) < 4.78 is 31.6. The maximum atomic E-state index is 13.5. The van der Waals surface area contributed by atoms with Gasteiger partial charge in [0.2, 0.25) is 0 Å². The van der Waals surface area contributed by atoms with Gasteiger partial charge in [-0.05, 0) is 28.4 Å². The number of anilines is 1. The predicted octanol–water partition coefficient (Wildman–Crippen LogP) is 3.07. The number of benzene rings is 1. The molecule has 0 bridgehead atoms. The zero-order chi connectivity index (χ0) is 11.7. The number of hydrogen-bond acceptors (Lipinski definition) is 2. The Labute approximate surface area is 99.1 Å². The van der Waals surface area contributed by atoms with Crippen molar-refractivity contribution < 1.29 is 18.3 Å². The highest BCUT2D eigenvalue weighted by Gasteiger charge is 2.24. The Morgan fingerprint density at radius 2 is 2.06 bits per heavy atom. The van der Waals surface area contributed by atoms with Crippen LogP contribution in [-0.4, -0.2) is 19.2 Å². The van der Waals surface area contributed by atoms with Gasteiger partial charge in [0.15, 0.2) is 0 Å². The third-order valence-corrected chi connectivity index (χ3v) is 2.86. The first kappa shape index (κ1) is 11.3. The van der Waals surface area contributed by atoms with Gasteiger partial charge in [0.25, 0.3) is 0 Å². The molecule has 0 N–H and O–H groups in total. The van der Waals surface area contributed by atoms with Gasteiger partial charge in [-0.25, -0.2) is 13.6 Å². The van der Waals surface area contributed by atoms with E-state index in [0.29, 0.717) is 19.6 Å². The van der Waals surface area contributed by atoms with E-state index >= 15 is 0 Å². The molecular formula is C10H8BrF2NO2. The fourth-order valence-corrected chi connectivity index (χ4v) is 1.80. The van der Waals surface area contributed by atoms with Crippen LogP contribution in [0.2, 0.25) is 0 Å². The van der Waals surface area contributed by atoms with Crippen LogP contribution in [0.15, 0.2) is 16.6 Å². The third kappa shape index (κ3) is 2.02. The second-order valence-electron chi connectivity index (χ2n) is 3.34. The highest BCUT2D eigenvalue weighted by Crippen LogP contribution is 2.27. The van der Waals surface area contributed by atoms with E-state index in [0.717, 1.165) is 17.0 Å². The Balaban J connectivity index is 2.39. The Hall–Kier alpha value is -1.17. The Kier molecular flexibility index (Phi) is 3.09. The molecule has 0 aromatic heterocycles. The number of nitrogens with zero attached hydrogens (tertiary/aromatic N) is 1. The van der Waals surface area contributed by atoms with Crippen molar-refractivity contribution in [3.05, 3.63) is 28.2 Å². The van der Waals surface area contributed by atoms with Gasteiger partial charge in [-0.3, -0.25) is 4.90 Å². The topological polar surface area (TPSA) is 29.5 Å². The second-order valence-corrected chi connectivity index (χ2v) is 4.19. The summed E-state index contributed by atoms with van der Waals surface area (Å²) in [4.78, 5) is 12.4. The lowest BCUT2D eigenvalue weighted by Crippen LogP contribution is -2.38. The first-order chi connectivity index (χ1) is 7.59. The van der Waals surface area contributed by atoms with Crippen LogP contribution in [0.4, 0.5) is 19.3 Å². The molecule has 0 radical (unpaired) electrons. The second kappa shape index (κ2) is 4.37. The summed E-state index contributed by atoms with van der Waals surface area (Å²) >= 11 is 2.87. The molecule has 1 aromatic carbocycles. The molecule has 6 heteroatoms. The van der Waals surface area contributed by atoms with Gasteiger partial charge in [0.1, 0.15) is 11.6 Å². The molecule has 1 aliphatic rings. The number of rotatable bonds is 1. The van der Waals surface area contributed by atoms with Gasteiger partial charge in [0.05, 0.1) is 16.8 Å². The largest absolute Gasteiger partial charge is 0.449 e. The van der Waals surface area contributed by atoms with E-state index in [4.69, 9.17) is 4.74 Å². The Bertz CT molecular complexity index is 439. The van der Waals surface area contributed by atoms with E-state index in [1.165, 1.54) is 0 Å². The predicted molar refractivity (Wildman–Crippen MR) is 57.4 cm³/mol. The van der Waals surface area contributed by atoms with Crippen LogP contribution in [0, 0.1) is 11.6 Å². The first-order valence-corrected chi connectivity index (χ1v) is 5.48. The summed E-state index contributed by atoms with van der Waals surface area (Å²) in [6.45, 7) is 0.646. The number of carbonyl (C=O) groups excluding carboxylic acids is 1. The minimum absolute atomic E-state index is 0.0270. The summed E-state index contributed by atoms with van der Waals surface area (Å²) in [5, 5.41) is 0. The maximum Gasteiger partial charge on any atom is 0.414 e. The molecule has 16 heavy (non-hydrogen) atoms. The van der Waals surface area contributed by atoms with Crippen molar-refractivity contribution in [1.82, 2.24) is 0 Å². The summed E-state index contributed by atoms with van der Waals surface area (Å²) in [5.74, 6) is -1.28. The highest BCUT2D eigenvalue weighted by atomic mass is 79.9. The van der Waals surface area contributed by atoms with Crippen LogP contribution in [0.3, 0.4) is 0 Å². The van der Waals surface area contributed by atoms with Gasteiger partial charge in [-0.2, -0.15) is 0 Å². The fraction of sp³-hybridized carbons (Fsp3) is 0.300. The van der Waals surface area contributed by atoms with E-state index < -0.39 is 17.7 Å². The van der Waals surface area contributed by atoms with Gasteiger partial charge < -0.3 is 4.74 Å². The molecule has 0 aliphatic carbocycles. The van der Waals surface area contributed by atoms with Crippen LogP contribution in [0.5, 0.6) is 0 Å². The quantitative estimate of drug-likeness (QED) is 0.744. The summed E-state index contributed by atoms with van der Waals surface area (Å²) in [7, 11) is 0. The molecule has 1 aliphatic heterocycles.